The van der Waals surface area contributed by atoms with Crippen molar-refractivity contribution in [2.24, 2.45) is 0 Å². The molecule has 7 heteroatoms. The molecule has 1 aromatic carbocycles. The van der Waals surface area contributed by atoms with Gasteiger partial charge in [-0.05, 0) is 42.7 Å². The normalized spacial score (nSPS) is 15.3. The van der Waals surface area contributed by atoms with Gasteiger partial charge in [-0.15, -0.1) is 0 Å². The van der Waals surface area contributed by atoms with Crippen LogP contribution >= 0.6 is 0 Å². The lowest BCUT2D eigenvalue weighted by Crippen LogP contribution is -2.11. The van der Waals surface area contributed by atoms with E-state index in [1.165, 1.54) is 12.6 Å². The molecule has 0 bridgehead atoms. The maximum Gasteiger partial charge on any atom is 0.181 e. The molecule has 0 fully saturated rings. The quantitative estimate of drug-likeness (QED) is 0.489. The van der Waals surface area contributed by atoms with Crippen LogP contribution in [0, 0.1) is 16.7 Å². The lowest BCUT2D eigenvalue weighted by atomic mass is 10.0. The van der Waals surface area contributed by atoms with Crippen molar-refractivity contribution in [3.63, 3.8) is 0 Å². The van der Waals surface area contributed by atoms with Gasteiger partial charge in [0.05, 0.1) is 23.5 Å². The van der Waals surface area contributed by atoms with Gasteiger partial charge in [-0.1, -0.05) is 0 Å². The Morgan fingerprint density at radius 2 is 2.27 bits per heavy atom. The molecule has 1 atom stereocenters. The molecule has 7 nitrogen and oxygen atoms in total. The van der Waals surface area contributed by atoms with Crippen molar-refractivity contribution < 1.29 is 7.27 Å². The van der Waals surface area contributed by atoms with Crippen molar-refractivity contribution in [3.8, 4) is 6.07 Å². The third-order valence-electron chi connectivity index (χ3n) is 4.51. The molecule has 0 aliphatic heterocycles. The van der Waals surface area contributed by atoms with Crippen LogP contribution in [0.15, 0.2) is 47.5 Å². The molecular formula is C19H20N6O. The van der Waals surface area contributed by atoms with Crippen LogP contribution in [0.4, 0.5) is 11.4 Å². The van der Waals surface area contributed by atoms with Gasteiger partial charge in [-0.2, -0.15) is 5.26 Å². The van der Waals surface area contributed by atoms with Gasteiger partial charge >= 0.3 is 0 Å². The summed E-state index contributed by atoms with van der Waals surface area (Å²) < 4.78 is 5.20. The Bertz CT molecular complexity index is 1030. The predicted octanol–water partition coefficient (Wildman–Crippen LogP) is 3.53. The SMILES string of the molecule is N#Cc1cnc2c(c1)CC[C@H]2Nc1ccc(N)c(C(=N)c2cnco2)c1.[HH].[HH]. The van der Waals surface area contributed by atoms with Crippen molar-refractivity contribution in [1.82, 2.24) is 9.97 Å². The lowest BCUT2D eigenvalue weighted by Gasteiger charge is -2.16. The highest BCUT2D eigenvalue weighted by molar-refractivity contribution is 6.12. The minimum atomic E-state index is 0. The van der Waals surface area contributed by atoms with Crippen LogP contribution in [0.5, 0.6) is 0 Å². The molecule has 4 N–H and O–H groups in total. The molecule has 0 saturated heterocycles. The first-order valence-corrected chi connectivity index (χ1v) is 8.18. The van der Waals surface area contributed by atoms with Crippen LogP contribution in [-0.4, -0.2) is 15.7 Å². The lowest BCUT2D eigenvalue weighted by molar-refractivity contribution is 0.548. The molecule has 0 amide bonds. The fraction of sp³-hybridized carbons (Fsp3) is 0.158. The van der Waals surface area contributed by atoms with Crippen molar-refractivity contribution >= 4 is 17.1 Å². The number of nitrogens with zero attached hydrogens (tertiary/aromatic N) is 3. The van der Waals surface area contributed by atoms with E-state index in [9.17, 15) is 0 Å². The van der Waals surface area contributed by atoms with E-state index in [0.717, 1.165) is 29.8 Å². The van der Waals surface area contributed by atoms with E-state index in [0.29, 0.717) is 22.6 Å². The number of oxazole rings is 1. The summed E-state index contributed by atoms with van der Waals surface area (Å²) in [7, 11) is 0. The summed E-state index contributed by atoms with van der Waals surface area (Å²) >= 11 is 0. The molecule has 132 valence electrons. The first kappa shape index (κ1) is 15.8. The van der Waals surface area contributed by atoms with Crippen LogP contribution in [0.2, 0.25) is 0 Å². The Balaban J connectivity index is 0.00000140. The largest absolute Gasteiger partial charge is 0.442 e. The van der Waals surface area contributed by atoms with Gasteiger partial charge < -0.3 is 15.5 Å². The number of nitrogen functional groups attached to an aromatic ring is 1. The zero-order chi connectivity index (χ0) is 18.1. The van der Waals surface area contributed by atoms with E-state index >= 15 is 0 Å². The Morgan fingerprint density at radius 3 is 3.04 bits per heavy atom. The number of hydrogen-bond acceptors (Lipinski definition) is 7. The molecule has 3 aromatic rings. The number of nitrogens with two attached hydrogens (primary N) is 1. The fourth-order valence-electron chi connectivity index (χ4n) is 3.21. The second kappa shape index (κ2) is 6.33. The van der Waals surface area contributed by atoms with Crippen molar-refractivity contribution in [1.29, 1.82) is 10.7 Å². The first-order chi connectivity index (χ1) is 12.7. The minimum absolute atomic E-state index is 0. The number of anilines is 2. The number of hydrogen-bond donors (Lipinski definition) is 3. The van der Waals surface area contributed by atoms with E-state index in [-0.39, 0.29) is 14.6 Å². The molecule has 0 radical (unpaired) electrons. The number of fused-ring (bicyclic) bond motifs is 1. The van der Waals surface area contributed by atoms with E-state index in [2.05, 4.69) is 21.4 Å². The third kappa shape index (κ3) is 2.78. The maximum atomic E-state index is 9.01. The second-order valence-electron chi connectivity index (χ2n) is 6.16. The number of benzene rings is 1. The number of pyridine rings is 1. The molecule has 4 rings (SSSR count). The van der Waals surface area contributed by atoms with Crippen molar-refractivity contribution in [3.05, 3.63) is 71.2 Å². The Kier molecular flexibility index (Phi) is 3.86. The van der Waals surface area contributed by atoms with Gasteiger partial charge in [0.2, 0.25) is 0 Å². The Labute approximate surface area is 153 Å². The van der Waals surface area contributed by atoms with Crippen molar-refractivity contribution in [2.45, 2.75) is 18.9 Å². The average Bonchev–Trinajstić information content (AvgIpc) is 3.32. The topological polar surface area (TPSA) is 125 Å². The van der Waals surface area contributed by atoms with Crippen LogP contribution in [-0.2, 0) is 6.42 Å². The van der Waals surface area contributed by atoms with Crippen LogP contribution in [0.3, 0.4) is 0 Å². The number of nitrogens with one attached hydrogen (secondary N) is 2. The van der Waals surface area contributed by atoms with E-state index in [4.69, 9.17) is 20.8 Å². The molecule has 0 saturated carbocycles. The zero-order valence-electron chi connectivity index (χ0n) is 13.9. The summed E-state index contributed by atoms with van der Waals surface area (Å²) in [4.78, 5) is 8.30. The number of nitriles is 1. The van der Waals surface area contributed by atoms with Crippen LogP contribution in [0.1, 0.15) is 43.5 Å². The molecule has 26 heavy (non-hydrogen) atoms. The molecule has 0 spiro atoms. The van der Waals surface area contributed by atoms with Crippen LogP contribution in [0.25, 0.3) is 0 Å². The fourth-order valence-corrected chi connectivity index (χ4v) is 3.21. The van der Waals surface area contributed by atoms with Crippen LogP contribution < -0.4 is 11.1 Å². The predicted molar refractivity (Wildman–Crippen MR) is 101 cm³/mol. The van der Waals surface area contributed by atoms with Gasteiger partial charge in [0.15, 0.2) is 12.2 Å². The van der Waals surface area contributed by atoms with Gasteiger partial charge in [0.1, 0.15) is 11.8 Å². The summed E-state index contributed by atoms with van der Waals surface area (Å²) in [6.07, 6.45) is 6.17. The summed E-state index contributed by atoms with van der Waals surface area (Å²) in [5.41, 5.74) is 10.8. The molecule has 0 unspecified atom stereocenters. The Morgan fingerprint density at radius 1 is 1.38 bits per heavy atom. The average molecular weight is 348 g/mol. The van der Waals surface area contributed by atoms with Gasteiger partial charge in [-0.3, -0.25) is 10.4 Å². The number of rotatable bonds is 4. The molecule has 2 heterocycles. The molecule has 1 aliphatic rings. The molecule has 2 aromatic heterocycles. The number of aryl methyl sites for hydroxylation is 1. The minimum Gasteiger partial charge on any atom is -0.442 e. The smallest absolute Gasteiger partial charge is 0.181 e. The monoisotopic (exact) mass is 348 g/mol. The summed E-state index contributed by atoms with van der Waals surface area (Å²) in [5.74, 6) is 0.366. The number of aromatic nitrogens is 2. The zero-order valence-corrected chi connectivity index (χ0v) is 13.9. The van der Waals surface area contributed by atoms with Gasteiger partial charge in [-0.25, -0.2) is 4.98 Å². The summed E-state index contributed by atoms with van der Waals surface area (Å²) in [6.45, 7) is 0. The third-order valence-corrected chi connectivity index (χ3v) is 4.51. The Hall–Kier alpha value is -3.66. The van der Waals surface area contributed by atoms with E-state index < -0.39 is 0 Å². The first-order valence-electron chi connectivity index (χ1n) is 8.18. The summed E-state index contributed by atoms with van der Waals surface area (Å²) in [5, 5.41) is 20.8. The van der Waals surface area contributed by atoms with E-state index in [1.807, 2.05) is 18.2 Å². The second-order valence-corrected chi connectivity index (χ2v) is 6.16. The van der Waals surface area contributed by atoms with Gasteiger partial charge in [0, 0.05) is 26.0 Å². The molecule has 1 aliphatic carbocycles. The maximum absolute atomic E-state index is 9.01. The summed E-state index contributed by atoms with van der Waals surface area (Å²) in [6, 6.07) is 9.58. The van der Waals surface area contributed by atoms with Gasteiger partial charge in [0.25, 0.3) is 0 Å². The highest BCUT2D eigenvalue weighted by Gasteiger charge is 2.24. The highest BCUT2D eigenvalue weighted by Crippen LogP contribution is 2.33. The van der Waals surface area contributed by atoms with Crippen molar-refractivity contribution in [2.75, 3.05) is 11.1 Å². The highest BCUT2D eigenvalue weighted by atomic mass is 16.3. The van der Waals surface area contributed by atoms with E-state index in [1.54, 1.807) is 12.3 Å². The standard InChI is InChI=1S/C19H16N6O.2H2/c20-7-11-5-12-1-4-16(19(12)24-8-11)25-13-2-3-15(21)14(6-13)18(22)17-9-23-10-26-17;;/h2-3,5-6,8-10,16,22,25H,1,4,21H2;2*1H/t16-;;/m1../s1. The molecular weight excluding hydrogens is 328 g/mol.